The Labute approximate surface area is 189 Å². The molecule has 2 heterocycles. The van der Waals surface area contributed by atoms with Gasteiger partial charge in [-0.15, -0.1) is 0 Å². The molecule has 0 bridgehead atoms. The number of rotatable bonds is 7. The monoisotopic (exact) mass is 455 g/mol. The Morgan fingerprint density at radius 2 is 1.70 bits per heavy atom. The smallest absolute Gasteiger partial charge is 0.332 e. The molecule has 0 atom stereocenters. The minimum Gasteiger partial charge on any atom is -0.332 e. The lowest BCUT2D eigenvalue weighted by molar-refractivity contribution is -0.124. The zero-order valence-corrected chi connectivity index (χ0v) is 18.6. The summed E-state index contributed by atoms with van der Waals surface area (Å²) in [5.74, 6) is 0.753. The van der Waals surface area contributed by atoms with E-state index in [1.807, 2.05) is 69.4 Å². The number of halogens is 3. The summed E-state index contributed by atoms with van der Waals surface area (Å²) in [4.78, 5) is 4.52. The van der Waals surface area contributed by atoms with Gasteiger partial charge >= 0.3 is 6.18 Å². The van der Waals surface area contributed by atoms with E-state index in [0.29, 0.717) is 23.8 Å². The van der Waals surface area contributed by atoms with Crippen molar-refractivity contribution in [2.75, 3.05) is 13.1 Å². The van der Waals surface area contributed by atoms with Gasteiger partial charge in [0.25, 0.3) is 5.89 Å². The maximum atomic E-state index is 12.3. The van der Waals surface area contributed by atoms with Crippen LogP contribution in [-0.4, -0.2) is 39.2 Å². The summed E-state index contributed by atoms with van der Waals surface area (Å²) in [6.45, 7) is 3.12. The predicted molar refractivity (Wildman–Crippen MR) is 119 cm³/mol. The molecule has 0 spiro atoms. The van der Waals surface area contributed by atoms with Crippen LogP contribution in [0.3, 0.4) is 0 Å². The molecule has 6 nitrogen and oxygen atoms in total. The largest absolute Gasteiger partial charge is 0.401 e. The van der Waals surface area contributed by atoms with Gasteiger partial charge in [-0.05, 0) is 67.3 Å². The molecule has 33 heavy (non-hydrogen) atoms. The molecule has 4 rings (SSSR count). The third-order valence-corrected chi connectivity index (χ3v) is 5.43. The van der Waals surface area contributed by atoms with E-state index in [1.54, 1.807) is 4.68 Å². The van der Waals surface area contributed by atoms with Gasteiger partial charge < -0.3 is 9.84 Å². The first-order chi connectivity index (χ1) is 15.7. The molecule has 0 amide bonds. The summed E-state index contributed by atoms with van der Waals surface area (Å²) in [7, 11) is 1.86. The highest BCUT2D eigenvalue weighted by Gasteiger charge is 2.26. The molecule has 172 valence electrons. The molecule has 2 aromatic heterocycles. The number of aryl methyl sites for hydroxylation is 3. The van der Waals surface area contributed by atoms with E-state index in [-0.39, 0.29) is 6.54 Å². The van der Waals surface area contributed by atoms with Crippen LogP contribution in [0.4, 0.5) is 13.2 Å². The van der Waals surface area contributed by atoms with Crippen LogP contribution in [0.2, 0.25) is 0 Å². The van der Waals surface area contributed by atoms with E-state index in [0.717, 1.165) is 33.5 Å². The van der Waals surface area contributed by atoms with Crippen molar-refractivity contribution in [1.82, 2.24) is 25.2 Å². The summed E-state index contributed by atoms with van der Waals surface area (Å²) in [6.07, 6.45) is -3.71. The second kappa shape index (κ2) is 9.19. The van der Waals surface area contributed by atoms with Crippen LogP contribution in [-0.2, 0) is 13.5 Å². The number of nitrogens with one attached hydrogen (secondary N) is 1. The molecule has 0 aliphatic rings. The van der Waals surface area contributed by atoms with Crippen molar-refractivity contribution in [2.24, 2.45) is 7.05 Å². The van der Waals surface area contributed by atoms with Crippen LogP contribution in [0.15, 0.2) is 53.1 Å². The van der Waals surface area contributed by atoms with Crippen molar-refractivity contribution in [3.8, 4) is 34.2 Å². The van der Waals surface area contributed by atoms with Gasteiger partial charge in [0.2, 0.25) is 5.82 Å². The number of hydrogen-bond donors (Lipinski definition) is 1. The molecule has 2 aromatic carbocycles. The van der Waals surface area contributed by atoms with Gasteiger partial charge in [-0.1, -0.05) is 35.5 Å². The molecule has 0 radical (unpaired) electrons. The van der Waals surface area contributed by atoms with Gasteiger partial charge in [-0.25, -0.2) is 0 Å². The van der Waals surface area contributed by atoms with Gasteiger partial charge in [-0.3, -0.25) is 4.68 Å². The normalized spacial score (nSPS) is 11.8. The van der Waals surface area contributed by atoms with Crippen molar-refractivity contribution in [2.45, 2.75) is 26.4 Å². The maximum Gasteiger partial charge on any atom is 0.401 e. The van der Waals surface area contributed by atoms with Crippen molar-refractivity contribution in [3.63, 3.8) is 0 Å². The topological polar surface area (TPSA) is 68.8 Å². The number of nitrogens with zero attached hydrogens (tertiary/aromatic N) is 4. The summed E-state index contributed by atoms with van der Waals surface area (Å²) >= 11 is 0. The average Bonchev–Trinajstić information content (AvgIpc) is 3.39. The fourth-order valence-corrected chi connectivity index (χ4v) is 3.86. The van der Waals surface area contributed by atoms with Crippen LogP contribution in [0.25, 0.3) is 34.2 Å². The van der Waals surface area contributed by atoms with E-state index < -0.39 is 12.7 Å². The fraction of sp³-hybridized carbons (Fsp3) is 0.292. The Bertz CT molecular complexity index is 1220. The van der Waals surface area contributed by atoms with Gasteiger partial charge in [0, 0.05) is 12.6 Å². The van der Waals surface area contributed by atoms with Crippen molar-refractivity contribution in [3.05, 3.63) is 65.2 Å². The fourth-order valence-electron chi connectivity index (χ4n) is 3.86. The highest BCUT2D eigenvalue weighted by Crippen LogP contribution is 2.28. The molecular weight excluding hydrogens is 431 g/mol. The van der Waals surface area contributed by atoms with Gasteiger partial charge in [0.05, 0.1) is 12.2 Å². The lowest BCUT2D eigenvalue weighted by atomic mass is 9.96. The summed E-state index contributed by atoms with van der Waals surface area (Å²) < 4.78 is 44.2. The Kier molecular flexibility index (Phi) is 6.33. The lowest BCUT2D eigenvalue weighted by Gasteiger charge is -2.13. The number of aromatic nitrogens is 4. The third kappa shape index (κ3) is 5.31. The molecule has 0 aliphatic heterocycles. The van der Waals surface area contributed by atoms with Gasteiger partial charge in [0.15, 0.2) is 5.69 Å². The van der Waals surface area contributed by atoms with Crippen molar-refractivity contribution >= 4 is 0 Å². The molecule has 0 saturated carbocycles. The molecule has 0 saturated heterocycles. The highest BCUT2D eigenvalue weighted by atomic mass is 19.4. The highest BCUT2D eigenvalue weighted by molar-refractivity contribution is 5.66. The molecular formula is C24H24F3N5O. The van der Waals surface area contributed by atoms with Gasteiger partial charge in [0.1, 0.15) is 0 Å². The first-order valence-corrected chi connectivity index (χ1v) is 10.5. The lowest BCUT2D eigenvalue weighted by Crippen LogP contribution is -2.30. The van der Waals surface area contributed by atoms with E-state index in [1.165, 1.54) is 0 Å². The van der Waals surface area contributed by atoms with Crippen molar-refractivity contribution < 1.29 is 17.7 Å². The molecule has 0 fully saturated rings. The van der Waals surface area contributed by atoms with Crippen molar-refractivity contribution in [1.29, 1.82) is 0 Å². The SMILES string of the molecule is Cc1cc(-c2noc(-c3cc(-c4ccccc4)n(C)n3)n2)cc(C)c1CCNCC(F)(F)F. The molecule has 0 unspecified atom stereocenters. The first-order valence-electron chi connectivity index (χ1n) is 10.5. The minimum absolute atomic E-state index is 0.246. The standard InChI is InChI=1S/C24H24F3N5O/c1-15-11-18(12-16(2)19(15)9-10-28-14-24(25,26)27)22-29-23(33-31-22)20-13-21(32(3)30-20)17-7-5-4-6-8-17/h4-8,11-13,28H,9-10,14H2,1-3H3. The van der Waals surface area contributed by atoms with E-state index in [9.17, 15) is 13.2 Å². The Morgan fingerprint density at radius 1 is 1.00 bits per heavy atom. The Hall–Kier alpha value is -3.46. The van der Waals surface area contributed by atoms with E-state index in [4.69, 9.17) is 4.52 Å². The molecule has 1 N–H and O–H groups in total. The Balaban J connectivity index is 1.52. The minimum atomic E-state index is -4.21. The van der Waals surface area contributed by atoms with E-state index in [2.05, 4.69) is 20.6 Å². The summed E-state index contributed by atoms with van der Waals surface area (Å²) in [5.41, 5.74) is 6.27. The summed E-state index contributed by atoms with van der Waals surface area (Å²) in [6, 6.07) is 15.7. The first kappa shape index (κ1) is 22.7. The van der Waals surface area contributed by atoms with Gasteiger partial charge in [-0.2, -0.15) is 23.3 Å². The molecule has 0 aliphatic carbocycles. The quantitative estimate of drug-likeness (QED) is 0.392. The number of benzene rings is 2. The van der Waals surface area contributed by atoms with Crippen LogP contribution >= 0.6 is 0 Å². The molecule has 9 heteroatoms. The van der Waals surface area contributed by atoms with Crippen LogP contribution in [0.1, 0.15) is 16.7 Å². The second-order valence-electron chi connectivity index (χ2n) is 7.96. The van der Waals surface area contributed by atoms with Crippen LogP contribution in [0, 0.1) is 13.8 Å². The maximum absolute atomic E-state index is 12.3. The zero-order valence-electron chi connectivity index (χ0n) is 18.6. The second-order valence-corrected chi connectivity index (χ2v) is 7.96. The predicted octanol–water partition coefficient (Wildman–Crippen LogP) is 5.12. The number of alkyl halides is 3. The zero-order chi connectivity index (χ0) is 23.6. The van der Waals surface area contributed by atoms with Crippen LogP contribution in [0.5, 0.6) is 0 Å². The molecule has 4 aromatic rings. The summed E-state index contributed by atoms with van der Waals surface area (Å²) in [5, 5.41) is 11.1. The Morgan fingerprint density at radius 3 is 2.36 bits per heavy atom. The van der Waals surface area contributed by atoms with Crippen LogP contribution < -0.4 is 5.32 Å². The van der Waals surface area contributed by atoms with E-state index >= 15 is 0 Å². The number of hydrogen-bond acceptors (Lipinski definition) is 5. The average molecular weight is 455 g/mol. The third-order valence-electron chi connectivity index (χ3n) is 5.43.